The minimum atomic E-state index is 0.0695. The van der Waals surface area contributed by atoms with E-state index >= 15 is 0 Å². The number of methoxy groups -OCH3 is 1. The Kier molecular flexibility index (Phi) is 7.05. The van der Waals surface area contributed by atoms with E-state index in [0.717, 1.165) is 57.2 Å². The molecule has 3 heterocycles. The molecule has 0 saturated carbocycles. The summed E-state index contributed by atoms with van der Waals surface area (Å²) in [7, 11) is 1.65. The number of ether oxygens (including phenoxy) is 3. The van der Waals surface area contributed by atoms with Crippen molar-refractivity contribution < 1.29 is 19.0 Å². The molecule has 0 unspecified atom stereocenters. The predicted octanol–water partition coefficient (Wildman–Crippen LogP) is 4.39. The van der Waals surface area contributed by atoms with Crippen LogP contribution in [0.5, 0.6) is 17.2 Å². The fraction of sp³-hybridized carbons (Fsp3) is 0.375. The molecule has 2 aliphatic heterocycles. The summed E-state index contributed by atoms with van der Waals surface area (Å²) in [6, 6.07) is 14.0. The molecule has 5 rings (SSSR count). The Morgan fingerprint density at radius 1 is 1.18 bits per heavy atom. The lowest BCUT2D eigenvalue weighted by Crippen LogP contribution is -2.32. The van der Waals surface area contributed by atoms with Crippen molar-refractivity contribution in [3.8, 4) is 17.2 Å². The zero-order chi connectivity index (χ0) is 23.3. The summed E-state index contributed by atoms with van der Waals surface area (Å²) in [5, 5.41) is 12.5. The first kappa shape index (κ1) is 22.8. The van der Waals surface area contributed by atoms with Gasteiger partial charge in [-0.1, -0.05) is 41.3 Å². The Morgan fingerprint density at radius 2 is 2.00 bits per heavy atom. The van der Waals surface area contributed by atoms with Crippen molar-refractivity contribution in [2.24, 2.45) is 0 Å². The zero-order valence-corrected chi connectivity index (χ0v) is 20.5. The van der Waals surface area contributed by atoms with E-state index in [9.17, 15) is 4.79 Å². The van der Waals surface area contributed by atoms with Crippen LogP contribution in [0.4, 0.5) is 5.13 Å². The van der Waals surface area contributed by atoms with Crippen molar-refractivity contribution >= 4 is 34.1 Å². The van der Waals surface area contributed by atoms with E-state index in [-0.39, 0.29) is 11.9 Å². The molecule has 2 aliphatic rings. The highest BCUT2D eigenvalue weighted by molar-refractivity contribution is 8.01. The SMILES string of the molecule is COc1ccc(CNc2nnc(SCC(=O)N3CCC[C@@H]3c3ccc4c(c3)OCCO4)s2)cc1. The van der Waals surface area contributed by atoms with Crippen LogP contribution in [0.2, 0.25) is 0 Å². The van der Waals surface area contributed by atoms with Crippen LogP contribution < -0.4 is 19.5 Å². The van der Waals surface area contributed by atoms with Crippen molar-refractivity contribution in [3.63, 3.8) is 0 Å². The van der Waals surface area contributed by atoms with Crippen LogP contribution in [0.1, 0.15) is 30.0 Å². The maximum absolute atomic E-state index is 13.0. The lowest BCUT2D eigenvalue weighted by molar-refractivity contribution is -0.129. The van der Waals surface area contributed by atoms with Crippen molar-refractivity contribution in [3.05, 3.63) is 53.6 Å². The molecule has 1 amide bonds. The van der Waals surface area contributed by atoms with Crippen molar-refractivity contribution in [1.82, 2.24) is 15.1 Å². The molecule has 10 heteroatoms. The van der Waals surface area contributed by atoms with Crippen LogP contribution in [-0.2, 0) is 11.3 Å². The normalized spacial score (nSPS) is 17.0. The van der Waals surface area contributed by atoms with E-state index in [1.165, 1.54) is 23.1 Å². The van der Waals surface area contributed by atoms with Gasteiger partial charge in [0, 0.05) is 13.1 Å². The van der Waals surface area contributed by atoms with Crippen LogP contribution in [-0.4, -0.2) is 53.6 Å². The second kappa shape index (κ2) is 10.5. The molecule has 0 spiro atoms. The fourth-order valence-electron chi connectivity index (χ4n) is 4.15. The standard InChI is InChI=1S/C24H26N4O4S2/c1-30-18-7-4-16(5-8-18)14-25-23-26-27-24(34-23)33-15-22(29)28-10-2-3-19(28)17-6-9-20-21(13-17)32-12-11-31-20/h4-9,13,19H,2-3,10-12,14-15H2,1H3,(H,25,26)/t19-/m1/s1. The number of carbonyl (C=O) groups excluding carboxylic acids is 1. The summed E-state index contributed by atoms with van der Waals surface area (Å²) in [6.07, 6.45) is 1.95. The van der Waals surface area contributed by atoms with Gasteiger partial charge >= 0.3 is 0 Å². The molecule has 1 fully saturated rings. The predicted molar refractivity (Wildman–Crippen MR) is 132 cm³/mol. The van der Waals surface area contributed by atoms with Gasteiger partial charge in [0.1, 0.15) is 19.0 Å². The number of anilines is 1. The van der Waals surface area contributed by atoms with Crippen molar-refractivity contribution in [2.45, 2.75) is 29.8 Å². The number of rotatable bonds is 8. The maximum atomic E-state index is 13.0. The van der Waals surface area contributed by atoms with Gasteiger partial charge in [-0.2, -0.15) is 0 Å². The number of benzene rings is 2. The Balaban J connectivity index is 1.14. The topological polar surface area (TPSA) is 85.8 Å². The van der Waals surface area contributed by atoms with Gasteiger partial charge in [0.15, 0.2) is 15.8 Å². The number of nitrogens with one attached hydrogen (secondary N) is 1. The second-order valence-electron chi connectivity index (χ2n) is 8.01. The van der Waals surface area contributed by atoms with Crippen LogP contribution >= 0.6 is 23.1 Å². The van der Waals surface area contributed by atoms with Gasteiger partial charge in [0.05, 0.1) is 18.9 Å². The summed E-state index contributed by atoms with van der Waals surface area (Å²) < 4.78 is 17.3. The Morgan fingerprint density at radius 3 is 2.82 bits per heavy atom. The first-order chi connectivity index (χ1) is 16.7. The minimum Gasteiger partial charge on any atom is -0.497 e. The van der Waals surface area contributed by atoms with Gasteiger partial charge in [-0.3, -0.25) is 4.79 Å². The summed E-state index contributed by atoms with van der Waals surface area (Å²) >= 11 is 2.90. The molecule has 0 aliphatic carbocycles. The second-order valence-corrected chi connectivity index (χ2v) is 10.2. The van der Waals surface area contributed by atoms with E-state index in [1.54, 1.807) is 7.11 Å². The van der Waals surface area contributed by atoms with E-state index in [2.05, 4.69) is 15.5 Å². The van der Waals surface area contributed by atoms with Gasteiger partial charge < -0.3 is 24.4 Å². The Hall–Kier alpha value is -2.98. The average molecular weight is 499 g/mol. The monoisotopic (exact) mass is 498 g/mol. The fourth-order valence-corrected chi connectivity index (χ4v) is 5.78. The molecular formula is C24H26N4O4S2. The Bertz CT molecular complexity index is 1140. The van der Waals surface area contributed by atoms with E-state index < -0.39 is 0 Å². The third-order valence-corrected chi connectivity index (χ3v) is 7.85. The molecular weight excluding hydrogens is 472 g/mol. The van der Waals surface area contributed by atoms with Crippen LogP contribution in [0.15, 0.2) is 46.8 Å². The smallest absolute Gasteiger partial charge is 0.233 e. The van der Waals surface area contributed by atoms with Crippen LogP contribution in [0, 0.1) is 0 Å². The minimum absolute atomic E-state index is 0.0695. The quantitative estimate of drug-likeness (QED) is 0.458. The first-order valence-corrected chi connectivity index (χ1v) is 13.0. The highest BCUT2D eigenvalue weighted by Crippen LogP contribution is 2.38. The number of nitrogens with zero attached hydrogens (tertiary/aromatic N) is 3. The van der Waals surface area contributed by atoms with E-state index in [0.29, 0.717) is 25.5 Å². The number of fused-ring (bicyclic) bond motifs is 1. The van der Waals surface area contributed by atoms with Crippen molar-refractivity contribution in [2.75, 3.05) is 37.9 Å². The summed E-state index contributed by atoms with van der Waals surface area (Å²) in [5.41, 5.74) is 2.22. The van der Waals surface area contributed by atoms with E-state index in [1.807, 2.05) is 47.4 Å². The number of amides is 1. The molecule has 3 aromatic rings. The third-order valence-electron chi connectivity index (χ3n) is 5.85. The molecule has 1 N–H and O–H groups in total. The summed E-state index contributed by atoms with van der Waals surface area (Å²) in [5.74, 6) is 2.83. The molecule has 1 saturated heterocycles. The van der Waals surface area contributed by atoms with Gasteiger partial charge in [-0.25, -0.2) is 0 Å². The number of hydrogen-bond acceptors (Lipinski definition) is 9. The largest absolute Gasteiger partial charge is 0.497 e. The highest BCUT2D eigenvalue weighted by atomic mass is 32.2. The molecule has 0 radical (unpaired) electrons. The molecule has 8 nitrogen and oxygen atoms in total. The molecule has 1 aromatic heterocycles. The zero-order valence-electron chi connectivity index (χ0n) is 18.9. The van der Waals surface area contributed by atoms with Gasteiger partial charge in [0.2, 0.25) is 11.0 Å². The summed E-state index contributed by atoms with van der Waals surface area (Å²) in [6.45, 7) is 2.54. The van der Waals surface area contributed by atoms with Crippen molar-refractivity contribution in [1.29, 1.82) is 0 Å². The third kappa shape index (κ3) is 5.23. The molecule has 2 aromatic carbocycles. The number of aromatic nitrogens is 2. The maximum Gasteiger partial charge on any atom is 0.233 e. The van der Waals surface area contributed by atoms with Crippen LogP contribution in [0.3, 0.4) is 0 Å². The van der Waals surface area contributed by atoms with E-state index in [4.69, 9.17) is 14.2 Å². The summed E-state index contributed by atoms with van der Waals surface area (Å²) in [4.78, 5) is 15.0. The van der Waals surface area contributed by atoms with Gasteiger partial charge in [0.25, 0.3) is 0 Å². The lowest BCUT2D eigenvalue weighted by atomic mass is 10.0. The molecule has 34 heavy (non-hydrogen) atoms. The number of likely N-dealkylation sites (tertiary alicyclic amines) is 1. The lowest BCUT2D eigenvalue weighted by Gasteiger charge is -2.26. The Labute approximate surface area is 206 Å². The van der Waals surface area contributed by atoms with Gasteiger partial charge in [-0.05, 0) is 48.2 Å². The number of carbonyl (C=O) groups is 1. The number of hydrogen-bond donors (Lipinski definition) is 1. The highest BCUT2D eigenvalue weighted by Gasteiger charge is 2.31. The molecule has 178 valence electrons. The first-order valence-electron chi connectivity index (χ1n) is 11.2. The van der Waals surface area contributed by atoms with Crippen LogP contribution in [0.25, 0.3) is 0 Å². The molecule has 0 bridgehead atoms. The molecule has 1 atom stereocenters. The average Bonchev–Trinajstić information content (AvgIpc) is 3.56. The van der Waals surface area contributed by atoms with Gasteiger partial charge in [-0.15, -0.1) is 10.2 Å². The number of thioether (sulfide) groups is 1.